The van der Waals surface area contributed by atoms with Crippen molar-refractivity contribution in [3.63, 3.8) is 0 Å². The van der Waals surface area contributed by atoms with Gasteiger partial charge in [0, 0.05) is 25.8 Å². The van der Waals surface area contributed by atoms with Crippen LogP contribution in [0.3, 0.4) is 0 Å². The SMILES string of the molecule is CCc1ccc(Nc2ccc(C=O)cc2[N+](=O)[O-])cc1N(C)C(=O)OC(C)(C)C.[HH]. The molecule has 0 aliphatic heterocycles. The summed E-state index contributed by atoms with van der Waals surface area (Å²) in [4.78, 5) is 35.6. The molecule has 8 heteroatoms. The van der Waals surface area contributed by atoms with Gasteiger partial charge >= 0.3 is 6.09 Å². The summed E-state index contributed by atoms with van der Waals surface area (Å²) in [6.45, 7) is 7.34. The maximum absolute atomic E-state index is 12.5. The van der Waals surface area contributed by atoms with Crippen LogP contribution in [0.2, 0.25) is 0 Å². The average molecular weight is 401 g/mol. The fourth-order valence-corrected chi connectivity index (χ4v) is 2.72. The molecular weight excluding hydrogens is 374 g/mol. The molecule has 8 nitrogen and oxygen atoms in total. The molecule has 1 amide bonds. The molecule has 2 rings (SSSR count). The van der Waals surface area contributed by atoms with Crippen LogP contribution in [0.15, 0.2) is 36.4 Å². The first-order valence-corrected chi connectivity index (χ1v) is 9.16. The first-order valence-electron chi connectivity index (χ1n) is 9.16. The Kier molecular flexibility index (Phi) is 6.58. The maximum Gasteiger partial charge on any atom is 0.414 e. The fourth-order valence-electron chi connectivity index (χ4n) is 2.72. The van der Waals surface area contributed by atoms with E-state index in [0.29, 0.717) is 24.1 Å². The topological polar surface area (TPSA) is 102 Å². The Hall–Kier alpha value is -3.42. The van der Waals surface area contributed by atoms with Crippen molar-refractivity contribution in [2.75, 3.05) is 17.3 Å². The normalized spacial score (nSPS) is 10.9. The van der Waals surface area contributed by atoms with E-state index < -0.39 is 16.6 Å². The minimum Gasteiger partial charge on any atom is -0.443 e. The Morgan fingerprint density at radius 1 is 1.28 bits per heavy atom. The highest BCUT2D eigenvalue weighted by Crippen LogP contribution is 2.32. The van der Waals surface area contributed by atoms with Crippen LogP contribution in [0.25, 0.3) is 0 Å². The number of benzene rings is 2. The molecule has 0 bridgehead atoms. The molecule has 1 N–H and O–H groups in total. The summed E-state index contributed by atoms with van der Waals surface area (Å²) in [6, 6.07) is 9.56. The van der Waals surface area contributed by atoms with Crippen molar-refractivity contribution in [2.45, 2.75) is 39.7 Å². The Morgan fingerprint density at radius 3 is 2.52 bits per heavy atom. The summed E-state index contributed by atoms with van der Waals surface area (Å²) in [7, 11) is 1.62. The van der Waals surface area contributed by atoms with Gasteiger partial charge in [-0.3, -0.25) is 19.8 Å². The summed E-state index contributed by atoms with van der Waals surface area (Å²) < 4.78 is 5.43. The zero-order valence-corrected chi connectivity index (χ0v) is 17.2. The summed E-state index contributed by atoms with van der Waals surface area (Å²) >= 11 is 0. The van der Waals surface area contributed by atoms with Crippen LogP contribution in [-0.2, 0) is 11.2 Å². The minimum atomic E-state index is -0.630. The van der Waals surface area contributed by atoms with Crippen LogP contribution in [0.5, 0.6) is 0 Å². The highest BCUT2D eigenvalue weighted by atomic mass is 16.6. The molecule has 29 heavy (non-hydrogen) atoms. The summed E-state index contributed by atoms with van der Waals surface area (Å²) in [5.41, 5.74) is 1.75. The predicted molar refractivity (Wildman–Crippen MR) is 114 cm³/mol. The molecule has 0 aliphatic carbocycles. The summed E-state index contributed by atoms with van der Waals surface area (Å²) in [5, 5.41) is 14.4. The third kappa shape index (κ3) is 5.54. The maximum atomic E-state index is 12.5. The number of ether oxygens (including phenoxy) is 1. The van der Waals surface area contributed by atoms with E-state index >= 15 is 0 Å². The van der Waals surface area contributed by atoms with Gasteiger partial charge in [0.25, 0.3) is 5.69 Å². The van der Waals surface area contributed by atoms with Crippen molar-refractivity contribution < 1.29 is 20.7 Å². The number of hydrogen-bond donors (Lipinski definition) is 1. The van der Waals surface area contributed by atoms with Crippen molar-refractivity contribution >= 4 is 35.1 Å². The van der Waals surface area contributed by atoms with Gasteiger partial charge in [-0.1, -0.05) is 13.0 Å². The molecule has 2 aromatic rings. The first kappa shape index (κ1) is 21.9. The fraction of sp³-hybridized carbons (Fsp3) is 0.333. The molecule has 0 unspecified atom stereocenters. The number of carbonyl (C=O) groups is 2. The van der Waals surface area contributed by atoms with Crippen LogP contribution in [-0.4, -0.2) is 30.0 Å². The van der Waals surface area contributed by atoms with Crippen molar-refractivity contribution in [1.29, 1.82) is 0 Å². The van der Waals surface area contributed by atoms with Crippen LogP contribution in [0, 0.1) is 10.1 Å². The van der Waals surface area contributed by atoms with E-state index in [0.717, 1.165) is 5.56 Å². The van der Waals surface area contributed by atoms with Gasteiger partial charge in [-0.2, -0.15) is 0 Å². The first-order chi connectivity index (χ1) is 13.6. The molecule has 0 spiro atoms. The molecule has 0 saturated heterocycles. The van der Waals surface area contributed by atoms with Crippen molar-refractivity contribution in [3.05, 3.63) is 57.6 Å². The molecule has 0 heterocycles. The molecule has 0 saturated carbocycles. The van der Waals surface area contributed by atoms with Gasteiger partial charge in [0.1, 0.15) is 17.6 Å². The van der Waals surface area contributed by atoms with Crippen LogP contribution in [0.4, 0.5) is 27.5 Å². The number of aryl methyl sites for hydroxylation is 1. The monoisotopic (exact) mass is 401 g/mol. The van der Waals surface area contributed by atoms with Crippen LogP contribution < -0.4 is 10.2 Å². The van der Waals surface area contributed by atoms with Crippen molar-refractivity contribution in [3.8, 4) is 0 Å². The number of nitro benzene ring substituents is 1. The lowest BCUT2D eigenvalue weighted by Crippen LogP contribution is -2.34. The molecule has 2 aromatic carbocycles. The quantitative estimate of drug-likeness (QED) is 0.399. The number of nitrogens with zero attached hydrogens (tertiary/aromatic N) is 2. The molecule has 0 radical (unpaired) electrons. The number of carbonyl (C=O) groups excluding carboxylic acids is 2. The average Bonchev–Trinajstić information content (AvgIpc) is 2.66. The van der Waals surface area contributed by atoms with E-state index in [2.05, 4.69) is 5.32 Å². The number of nitro groups is 1. The van der Waals surface area contributed by atoms with Gasteiger partial charge in [-0.25, -0.2) is 4.79 Å². The van der Waals surface area contributed by atoms with Gasteiger partial charge in [0.15, 0.2) is 0 Å². The molecular formula is C21H27N3O5. The number of amides is 1. The zero-order valence-electron chi connectivity index (χ0n) is 17.2. The number of nitrogens with one attached hydrogen (secondary N) is 1. The second kappa shape index (κ2) is 8.72. The molecule has 0 aromatic heterocycles. The van der Waals surface area contributed by atoms with Gasteiger partial charge < -0.3 is 10.1 Å². The zero-order chi connectivity index (χ0) is 21.8. The Morgan fingerprint density at radius 2 is 1.97 bits per heavy atom. The number of rotatable bonds is 6. The second-order valence-electron chi connectivity index (χ2n) is 7.51. The minimum absolute atomic E-state index is 0. The highest BCUT2D eigenvalue weighted by molar-refractivity contribution is 5.89. The molecule has 0 fully saturated rings. The summed E-state index contributed by atoms with van der Waals surface area (Å²) in [5.74, 6) is 0. The third-order valence-electron chi connectivity index (χ3n) is 4.13. The smallest absolute Gasteiger partial charge is 0.414 e. The van der Waals surface area contributed by atoms with Gasteiger partial charge in [0.05, 0.1) is 10.6 Å². The van der Waals surface area contributed by atoms with Gasteiger partial charge in [0.2, 0.25) is 0 Å². The van der Waals surface area contributed by atoms with E-state index in [1.807, 2.05) is 13.0 Å². The predicted octanol–water partition coefficient (Wildman–Crippen LogP) is 5.33. The highest BCUT2D eigenvalue weighted by Gasteiger charge is 2.22. The largest absolute Gasteiger partial charge is 0.443 e. The van der Waals surface area contributed by atoms with E-state index in [1.54, 1.807) is 40.0 Å². The lowest BCUT2D eigenvalue weighted by atomic mass is 10.1. The van der Waals surface area contributed by atoms with E-state index in [4.69, 9.17) is 4.74 Å². The molecule has 0 aliphatic rings. The van der Waals surface area contributed by atoms with E-state index in [1.165, 1.54) is 23.1 Å². The number of hydrogen-bond acceptors (Lipinski definition) is 6. The number of anilines is 3. The second-order valence-corrected chi connectivity index (χ2v) is 7.51. The lowest BCUT2D eigenvalue weighted by molar-refractivity contribution is -0.383. The number of aldehydes is 1. The third-order valence-corrected chi connectivity index (χ3v) is 4.13. The molecule has 156 valence electrons. The Labute approximate surface area is 171 Å². The van der Waals surface area contributed by atoms with Crippen molar-refractivity contribution in [1.82, 2.24) is 0 Å². The Bertz CT molecular complexity index is 941. The van der Waals surface area contributed by atoms with Crippen LogP contribution in [0.1, 0.15) is 45.0 Å². The Balaban J connectivity index is 0.00000450. The van der Waals surface area contributed by atoms with Crippen molar-refractivity contribution in [2.24, 2.45) is 0 Å². The molecule has 0 atom stereocenters. The summed E-state index contributed by atoms with van der Waals surface area (Å²) in [6.07, 6.45) is 0.753. The van der Waals surface area contributed by atoms with E-state index in [9.17, 15) is 19.7 Å². The lowest BCUT2D eigenvalue weighted by Gasteiger charge is -2.26. The van der Waals surface area contributed by atoms with Gasteiger partial charge in [-0.05, 0) is 57.0 Å². The van der Waals surface area contributed by atoms with E-state index in [-0.39, 0.29) is 18.4 Å². The van der Waals surface area contributed by atoms with Gasteiger partial charge in [-0.15, -0.1) is 0 Å². The van der Waals surface area contributed by atoms with Crippen LogP contribution >= 0.6 is 0 Å². The standard InChI is InChI=1S/C21H25N3O5.H2/c1-6-15-8-9-16(12-18(15)23(5)20(26)29-21(2,3)4)22-17-10-7-14(13-25)11-19(17)24(27)28;/h7-13,22H,6H2,1-5H3;1H.